The minimum absolute atomic E-state index is 0.140. The number of methoxy groups -OCH3 is 1. The van der Waals surface area contributed by atoms with Crippen LogP contribution in [0.4, 0.5) is 5.69 Å². The molecule has 1 N–H and O–H groups in total. The number of fused-ring (bicyclic) bond motifs is 1. The molecule has 0 fully saturated rings. The Morgan fingerprint density at radius 1 is 1.30 bits per heavy atom. The molecule has 5 nitrogen and oxygen atoms in total. The number of amides is 1. The van der Waals surface area contributed by atoms with Gasteiger partial charge in [-0.25, -0.2) is 5.43 Å². The van der Waals surface area contributed by atoms with Gasteiger partial charge in [0.15, 0.2) is 0 Å². The van der Waals surface area contributed by atoms with E-state index in [2.05, 4.69) is 62.2 Å². The number of carbonyl (C=O) groups excluding carboxylic acids is 1. The van der Waals surface area contributed by atoms with Crippen molar-refractivity contribution in [1.29, 1.82) is 0 Å². The Labute approximate surface area is 180 Å². The molecule has 0 radical (unpaired) electrons. The number of hydrogen-bond donors (Lipinski definition) is 1. The summed E-state index contributed by atoms with van der Waals surface area (Å²) in [7, 11) is 1.63. The Morgan fingerprint density at radius 3 is 2.63 bits per heavy atom. The maximum Gasteiger partial charge on any atom is 0.244 e. The summed E-state index contributed by atoms with van der Waals surface area (Å²) in [5, 5.41) is 4.21. The molecular formula is C25H33N3O2. The lowest BCUT2D eigenvalue weighted by Crippen LogP contribution is -2.48. The fourth-order valence-corrected chi connectivity index (χ4v) is 4.53. The summed E-state index contributed by atoms with van der Waals surface area (Å²) >= 11 is 0. The third kappa shape index (κ3) is 4.66. The molecule has 5 heteroatoms. The first-order valence-corrected chi connectivity index (χ1v) is 10.6. The van der Waals surface area contributed by atoms with E-state index in [0.717, 1.165) is 35.4 Å². The molecule has 160 valence electrons. The lowest BCUT2D eigenvalue weighted by Gasteiger charge is -2.47. The monoisotopic (exact) mass is 407 g/mol. The maximum absolute atomic E-state index is 12.2. The smallest absolute Gasteiger partial charge is 0.244 e. The molecule has 3 rings (SSSR count). The summed E-state index contributed by atoms with van der Waals surface area (Å²) < 4.78 is 5.14. The molecule has 1 aliphatic rings. The highest BCUT2D eigenvalue weighted by Crippen LogP contribution is 2.43. The van der Waals surface area contributed by atoms with Crippen molar-refractivity contribution in [2.45, 2.75) is 58.9 Å². The second kappa shape index (κ2) is 8.90. The lowest BCUT2D eigenvalue weighted by atomic mass is 9.79. The van der Waals surface area contributed by atoms with Crippen molar-refractivity contribution in [1.82, 2.24) is 5.43 Å². The summed E-state index contributed by atoms with van der Waals surface area (Å²) in [6, 6.07) is 12.0. The van der Waals surface area contributed by atoms with Crippen molar-refractivity contribution < 1.29 is 9.53 Å². The zero-order valence-corrected chi connectivity index (χ0v) is 19.0. The molecule has 0 saturated heterocycles. The predicted molar refractivity (Wildman–Crippen MR) is 124 cm³/mol. The van der Waals surface area contributed by atoms with Gasteiger partial charge in [-0.2, -0.15) is 5.10 Å². The molecule has 30 heavy (non-hydrogen) atoms. The molecule has 0 saturated carbocycles. The number of hydrogen-bond acceptors (Lipinski definition) is 4. The molecule has 1 atom stereocenters. The Kier molecular flexibility index (Phi) is 6.49. The second-order valence-electron chi connectivity index (χ2n) is 8.75. The molecule has 0 spiro atoms. The minimum Gasteiger partial charge on any atom is -0.497 e. The van der Waals surface area contributed by atoms with Crippen molar-refractivity contribution in [3.05, 3.63) is 58.7 Å². The van der Waals surface area contributed by atoms with Crippen LogP contribution in [-0.4, -0.2) is 31.3 Å². The van der Waals surface area contributed by atoms with E-state index >= 15 is 0 Å². The van der Waals surface area contributed by atoms with Crippen LogP contribution < -0.4 is 15.1 Å². The highest BCUT2D eigenvalue weighted by atomic mass is 16.5. The lowest BCUT2D eigenvalue weighted by molar-refractivity contribution is -0.120. The first-order chi connectivity index (χ1) is 14.2. The number of carbonyl (C=O) groups is 1. The molecule has 1 amide bonds. The Hall–Kier alpha value is -2.82. The number of aryl methyl sites for hydroxylation is 1. The standard InChI is InChI=1S/C25H33N3O2/c1-7-28-23-12-17(2)20(14-22(23)18(3)15-25(28,4)5)16-26-27-24(29)13-19-8-10-21(30-6)11-9-19/h8-12,14,16,18H,7,13,15H2,1-6H3,(H,27,29)/b26-16+. The number of nitrogens with one attached hydrogen (secondary N) is 1. The first kappa shape index (κ1) is 21.9. The fraction of sp³-hybridized carbons (Fsp3) is 0.440. The molecule has 1 aliphatic heterocycles. The van der Waals surface area contributed by atoms with Crippen LogP contribution in [0.25, 0.3) is 0 Å². The van der Waals surface area contributed by atoms with Gasteiger partial charge in [0.2, 0.25) is 5.91 Å². The Balaban J connectivity index is 1.71. The van der Waals surface area contributed by atoms with E-state index in [1.165, 1.54) is 11.3 Å². The van der Waals surface area contributed by atoms with E-state index in [4.69, 9.17) is 4.74 Å². The van der Waals surface area contributed by atoms with Gasteiger partial charge in [-0.1, -0.05) is 19.1 Å². The van der Waals surface area contributed by atoms with E-state index in [-0.39, 0.29) is 17.9 Å². The molecular weight excluding hydrogens is 374 g/mol. The maximum atomic E-state index is 12.2. The normalized spacial score (nSPS) is 17.7. The topological polar surface area (TPSA) is 53.9 Å². The van der Waals surface area contributed by atoms with E-state index in [0.29, 0.717) is 5.92 Å². The van der Waals surface area contributed by atoms with Gasteiger partial charge >= 0.3 is 0 Å². The molecule has 2 aromatic carbocycles. The van der Waals surface area contributed by atoms with Gasteiger partial charge in [-0.3, -0.25) is 4.79 Å². The van der Waals surface area contributed by atoms with Crippen LogP contribution in [0.1, 0.15) is 62.3 Å². The third-order valence-corrected chi connectivity index (χ3v) is 6.01. The van der Waals surface area contributed by atoms with Gasteiger partial charge in [0.05, 0.1) is 19.7 Å². The molecule has 1 unspecified atom stereocenters. The number of ether oxygens (including phenoxy) is 1. The number of nitrogens with zero attached hydrogens (tertiary/aromatic N) is 2. The van der Waals surface area contributed by atoms with E-state index < -0.39 is 0 Å². The van der Waals surface area contributed by atoms with E-state index in [1.807, 2.05) is 24.3 Å². The SMILES string of the molecule is CCN1c2cc(C)c(/C=N/NC(=O)Cc3ccc(OC)cc3)cc2C(C)CC1(C)C. The van der Waals surface area contributed by atoms with Crippen molar-refractivity contribution in [2.75, 3.05) is 18.6 Å². The minimum atomic E-state index is -0.140. The van der Waals surface area contributed by atoms with Gasteiger partial charge in [0, 0.05) is 17.8 Å². The van der Waals surface area contributed by atoms with Gasteiger partial charge in [0.25, 0.3) is 0 Å². The van der Waals surface area contributed by atoms with Gasteiger partial charge in [0.1, 0.15) is 5.75 Å². The predicted octanol–water partition coefficient (Wildman–Crippen LogP) is 4.81. The van der Waals surface area contributed by atoms with Crippen molar-refractivity contribution in [2.24, 2.45) is 5.10 Å². The third-order valence-electron chi connectivity index (χ3n) is 6.01. The number of benzene rings is 2. The highest BCUT2D eigenvalue weighted by Gasteiger charge is 2.35. The van der Waals surface area contributed by atoms with Crippen LogP contribution in [0.3, 0.4) is 0 Å². The van der Waals surface area contributed by atoms with Crippen LogP contribution in [0.5, 0.6) is 5.75 Å². The zero-order chi connectivity index (χ0) is 21.9. The molecule has 0 bridgehead atoms. The number of anilines is 1. The summed E-state index contributed by atoms with van der Waals surface area (Å²) in [4.78, 5) is 14.7. The van der Waals surface area contributed by atoms with Crippen molar-refractivity contribution in [3.63, 3.8) is 0 Å². The zero-order valence-electron chi connectivity index (χ0n) is 19.0. The van der Waals surface area contributed by atoms with Crippen molar-refractivity contribution >= 4 is 17.8 Å². The first-order valence-electron chi connectivity index (χ1n) is 10.6. The van der Waals surface area contributed by atoms with Crippen LogP contribution in [-0.2, 0) is 11.2 Å². The van der Waals surface area contributed by atoms with Crippen LogP contribution in [0, 0.1) is 6.92 Å². The second-order valence-corrected chi connectivity index (χ2v) is 8.75. The Bertz CT molecular complexity index is 932. The van der Waals surface area contributed by atoms with Crippen molar-refractivity contribution in [3.8, 4) is 5.75 Å². The van der Waals surface area contributed by atoms with Crippen LogP contribution in [0.2, 0.25) is 0 Å². The molecule has 0 aromatic heterocycles. The number of rotatable bonds is 6. The average Bonchev–Trinajstić information content (AvgIpc) is 2.69. The van der Waals surface area contributed by atoms with Gasteiger partial charge in [-0.05, 0) is 86.6 Å². The summed E-state index contributed by atoms with van der Waals surface area (Å²) in [6.45, 7) is 12.2. The fourth-order valence-electron chi connectivity index (χ4n) is 4.53. The van der Waals surface area contributed by atoms with Crippen LogP contribution in [0.15, 0.2) is 41.5 Å². The molecule has 0 aliphatic carbocycles. The Morgan fingerprint density at radius 2 is 2.00 bits per heavy atom. The average molecular weight is 408 g/mol. The van der Waals surface area contributed by atoms with Gasteiger partial charge in [-0.15, -0.1) is 0 Å². The molecule has 1 heterocycles. The van der Waals surface area contributed by atoms with Gasteiger partial charge < -0.3 is 9.64 Å². The summed E-state index contributed by atoms with van der Waals surface area (Å²) in [5.74, 6) is 1.12. The largest absolute Gasteiger partial charge is 0.497 e. The molecule has 2 aromatic rings. The summed E-state index contributed by atoms with van der Waals surface area (Å²) in [5.41, 5.74) is 8.59. The highest BCUT2D eigenvalue weighted by molar-refractivity contribution is 5.86. The van der Waals surface area contributed by atoms with E-state index in [9.17, 15) is 4.79 Å². The quantitative estimate of drug-likeness (QED) is 0.552. The van der Waals surface area contributed by atoms with Crippen LogP contribution >= 0.6 is 0 Å². The van der Waals surface area contributed by atoms with E-state index in [1.54, 1.807) is 13.3 Å². The summed E-state index contributed by atoms with van der Waals surface area (Å²) in [6.07, 6.45) is 3.15. The number of hydrazone groups is 1.